The molecule has 3 rings (SSSR count). The fourth-order valence-electron chi connectivity index (χ4n) is 2.25. The number of nitrogens with zero attached hydrogens (tertiary/aromatic N) is 4. The first-order valence-electron chi connectivity index (χ1n) is 7.33. The lowest BCUT2D eigenvalue weighted by molar-refractivity contribution is 0.102. The van der Waals surface area contributed by atoms with E-state index in [9.17, 15) is 9.18 Å². The molecule has 2 aromatic heterocycles. The summed E-state index contributed by atoms with van der Waals surface area (Å²) in [5.74, 6) is -0.698. The largest absolute Gasteiger partial charge is 0.302 e. The molecule has 0 aliphatic heterocycles. The van der Waals surface area contributed by atoms with Gasteiger partial charge in [-0.15, -0.1) is 0 Å². The second-order valence-corrected chi connectivity index (χ2v) is 6.29. The average Bonchev–Trinajstić information content (AvgIpc) is 3.06. The standard InChI is InChI=1S/C16H14Cl2FN5O/c1-9-6-14(21-23(9)2)16(25)20-15-12(18)8-24(22-15)7-10-11(17)4-3-5-13(10)19/h3-6,8H,7H2,1-2H3,(H,20,22,25). The predicted octanol–water partition coefficient (Wildman–Crippen LogP) is 3.67. The van der Waals surface area contributed by atoms with Crippen LogP contribution in [0, 0.1) is 12.7 Å². The van der Waals surface area contributed by atoms with Crippen molar-refractivity contribution in [3.63, 3.8) is 0 Å². The lowest BCUT2D eigenvalue weighted by Crippen LogP contribution is -2.14. The van der Waals surface area contributed by atoms with E-state index in [4.69, 9.17) is 23.2 Å². The third kappa shape index (κ3) is 3.67. The zero-order chi connectivity index (χ0) is 18.1. The molecule has 1 N–H and O–H groups in total. The summed E-state index contributed by atoms with van der Waals surface area (Å²) in [5, 5.41) is 11.4. The maximum absolute atomic E-state index is 13.9. The molecule has 0 aliphatic carbocycles. The van der Waals surface area contributed by atoms with Crippen LogP contribution < -0.4 is 5.32 Å². The zero-order valence-corrected chi connectivity index (χ0v) is 14.9. The number of hydrogen-bond donors (Lipinski definition) is 1. The number of halogens is 3. The lowest BCUT2D eigenvalue weighted by Gasteiger charge is -2.05. The number of hydrogen-bond acceptors (Lipinski definition) is 3. The molecule has 130 valence electrons. The molecule has 0 spiro atoms. The summed E-state index contributed by atoms with van der Waals surface area (Å²) in [5.41, 5.74) is 1.39. The molecule has 2 heterocycles. The number of anilines is 1. The number of amides is 1. The van der Waals surface area contributed by atoms with Crippen molar-refractivity contribution in [1.82, 2.24) is 19.6 Å². The van der Waals surface area contributed by atoms with E-state index in [1.807, 2.05) is 6.92 Å². The van der Waals surface area contributed by atoms with Gasteiger partial charge >= 0.3 is 0 Å². The van der Waals surface area contributed by atoms with Crippen LogP contribution in [0.3, 0.4) is 0 Å². The maximum Gasteiger partial charge on any atom is 0.277 e. The summed E-state index contributed by atoms with van der Waals surface area (Å²) in [7, 11) is 1.74. The molecule has 0 atom stereocenters. The van der Waals surface area contributed by atoms with Crippen molar-refractivity contribution in [1.29, 1.82) is 0 Å². The van der Waals surface area contributed by atoms with Crippen molar-refractivity contribution in [3.05, 3.63) is 63.3 Å². The maximum atomic E-state index is 13.9. The molecule has 0 saturated heterocycles. The Bertz CT molecular complexity index is 910. The Balaban J connectivity index is 1.79. The van der Waals surface area contributed by atoms with Crippen LogP contribution in [0.15, 0.2) is 30.5 Å². The van der Waals surface area contributed by atoms with Crippen molar-refractivity contribution in [2.45, 2.75) is 13.5 Å². The van der Waals surface area contributed by atoms with Gasteiger partial charge in [-0.3, -0.25) is 14.2 Å². The molecule has 25 heavy (non-hydrogen) atoms. The Labute approximate surface area is 153 Å². The summed E-state index contributed by atoms with van der Waals surface area (Å²) < 4.78 is 16.9. The van der Waals surface area contributed by atoms with Gasteiger partial charge in [-0.2, -0.15) is 10.2 Å². The second kappa shape index (κ2) is 6.85. The molecule has 0 saturated carbocycles. The highest BCUT2D eigenvalue weighted by molar-refractivity contribution is 6.33. The monoisotopic (exact) mass is 381 g/mol. The van der Waals surface area contributed by atoms with E-state index in [-0.39, 0.29) is 23.1 Å². The Hall–Kier alpha value is -2.38. The second-order valence-electron chi connectivity index (χ2n) is 5.47. The highest BCUT2D eigenvalue weighted by Gasteiger charge is 2.16. The molecular weight excluding hydrogens is 368 g/mol. The predicted molar refractivity (Wildman–Crippen MR) is 93.6 cm³/mol. The van der Waals surface area contributed by atoms with Crippen molar-refractivity contribution < 1.29 is 9.18 Å². The fourth-order valence-corrected chi connectivity index (χ4v) is 2.67. The third-order valence-corrected chi connectivity index (χ3v) is 4.31. The molecule has 0 aliphatic rings. The minimum Gasteiger partial charge on any atom is -0.302 e. The smallest absolute Gasteiger partial charge is 0.277 e. The van der Waals surface area contributed by atoms with E-state index < -0.39 is 11.7 Å². The Kier molecular flexibility index (Phi) is 4.78. The molecule has 0 bridgehead atoms. The topological polar surface area (TPSA) is 64.7 Å². The van der Waals surface area contributed by atoms with Gasteiger partial charge in [-0.25, -0.2) is 4.39 Å². The number of carbonyl (C=O) groups is 1. The number of rotatable bonds is 4. The van der Waals surface area contributed by atoms with Crippen molar-refractivity contribution >= 4 is 34.9 Å². The minimum atomic E-state index is -0.436. The Morgan fingerprint density at radius 1 is 1.28 bits per heavy atom. The molecule has 1 aromatic carbocycles. The van der Waals surface area contributed by atoms with Crippen LogP contribution in [0.25, 0.3) is 0 Å². The Morgan fingerprint density at radius 3 is 2.68 bits per heavy atom. The number of aryl methyl sites for hydroxylation is 2. The van der Waals surface area contributed by atoms with Gasteiger partial charge in [0.15, 0.2) is 11.5 Å². The summed E-state index contributed by atoms with van der Waals surface area (Å²) >= 11 is 12.1. The van der Waals surface area contributed by atoms with Crippen LogP contribution in [-0.4, -0.2) is 25.5 Å². The van der Waals surface area contributed by atoms with Crippen LogP contribution in [0.1, 0.15) is 21.7 Å². The fraction of sp³-hybridized carbons (Fsp3) is 0.188. The van der Waals surface area contributed by atoms with Crippen LogP contribution >= 0.6 is 23.2 Å². The van der Waals surface area contributed by atoms with E-state index >= 15 is 0 Å². The van der Waals surface area contributed by atoms with E-state index in [1.165, 1.54) is 23.0 Å². The van der Waals surface area contributed by atoms with Gasteiger partial charge in [0.1, 0.15) is 10.8 Å². The molecule has 0 radical (unpaired) electrons. The van der Waals surface area contributed by atoms with Gasteiger partial charge in [0.25, 0.3) is 5.91 Å². The average molecular weight is 382 g/mol. The van der Waals surface area contributed by atoms with E-state index in [1.54, 1.807) is 23.9 Å². The molecule has 9 heteroatoms. The first-order chi connectivity index (χ1) is 11.8. The van der Waals surface area contributed by atoms with Gasteiger partial charge in [0.2, 0.25) is 0 Å². The van der Waals surface area contributed by atoms with Crippen molar-refractivity contribution in [2.75, 3.05) is 5.32 Å². The molecule has 6 nitrogen and oxygen atoms in total. The Morgan fingerprint density at radius 2 is 2.04 bits per heavy atom. The summed E-state index contributed by atoms with van der Waals surface area (Å²) in [6, 6.07) is 6.09. The summed E-state index contributed by atoms with van der Waals surface area (Å²) in [6.07, 6.45) is 1.49. The van der Waals surface area contributed by atoms with E-state index in [0.29, 0.717) is 10.6 Å². The molecule has 0 unspecified atom stereocenters. The molecule has 1 amide bonds. The molecule has 0 fully saturated rings. The van der Waals surface area contributed by atoms with Gasteiger partial charge in [-0.05, 0) is 25.1 Å². The normalized spacial score (nSPS) is 10.9. The van der Waals surface area contributed by atoms with Gasteiger partial charge in [0, 0.05) is 29.5 Å². The van der Waals surface area contributed by atoms with Crippen LogP contribution in [0.5, 0.6) is 0 Å². The minimum absolute atomic E-state index is 0.0871. The highest BCUT2D eigenvalue weighted by atomic mass is 35.5. The number of carbonyl (C=O) groups excluding carboxylic acids is 1. The molecular formula is C16H14Cl2FN5O. The summed E-state index contributed by atoms with van der Waals surface area (Å²) in [6.45, 7) is 1.92. The van der Waals surface area contributed by atoms with Crippen LogP contribution in [0.2, 0.25) is 10.0 Å². The van der Waals surface area contributed by atoms with Crippen molar-refractivity contribution in [3.8, 4) is 0 Å². The van der Waals surface area contributed by atoms with Crippen molar-refractivity contribution in [2.24, 2.45) is 7.05 Å². The number of nitrogens with one attached hydrogen (secondary N) is 1. The number of benzene rings is 1. The van der Waals surface area contributed by atoms with Crippen LogP contribution in [-0.2, 0) is 13.6 Å². The first kappa shape index (κ1) is 17.4. The third-order valence-electron chi connectivity index (χ3n) is 3.68. The van der Waals surface area contributed by atoms with E-state index in [0.717, 1.165) is 5.69 Å². The molecule has 3 aromatic rings. The highest BCUT2D eigenvalue weighted by Crippen LogP contribution is 2.24. The first-order valence-corrected chi connectivity index (χ1v) is 8.08. The summed E-state index contributed by atoms with van der Waals surface area (Å²) in [4.78, 5) is 12.2. The van der Waals surface area contributed by atoms with Crippen LogP contribution in [0.4, 0.5) is 10.2 Å². The van der Waals surface area contributed by atoms with Gasteiger partial charge < -0.3 is 5.32 Å². The lowest BCUT2D eigenvalue weighted by atomic mass is 10.2. The van der Waals surface area contributed by atoms with Gasteiger partial charge in [-0.1, -0.05) is 29.3 Å². The van der Waals surface area contributed by atoms with Gasteiger partial charge in [0.05, 0.1) is 6.54 Å². The van der Waals surface area contributed by atoms with E-state index in [2.05, 4.69) is 15.5 Å². The zero-order valence-electron chi connectivity index (χ0n) is 13.4. The SMILES string of the molecule is Cc1cc(C(=O)Nc2nn(Cc3c(F)cccc3Cl)cc2Cl)nn1C. The quantitative estimate of drug-likeness (QED) is 0.749. The number of aromatic nitrogens is 4.